The van der Waals surface area contributed by atoms with Crippen molar-refractivity contribution in [2.45, 2.75) is 52.0 Å². The number of carbonyl (C=O) groups is 1. The Labute approximate surface area is 111 Å². The van der Waals surface area contributed by atoms with Gasteiger partial charge in [-0.3, -0.25) is 9.69 Å². The number of hydrogen-bond donors (Lipinski definition) is 1. The van der Waals surface area contributed by atoms with Crippen LogP contribution in [0, 0.1) is 0 Å². The summed E-state index contributed by atoms with van der Waals surface area (Å²) in [6, 6.07) is 0.600. The van der Waals surface area contributed by atoms with Gasteiger partial charge < -0.3 is 10.6 Å². The molecule has 4 nitrogen and oxygen atoms in total. The van der Waals surface area contributed by atoms with E-state index in [4.69, 9.17) is 5.73 Å². The first-order valence-electron chi connectivity index (χ1n) is 7.44. The SMILES string of the molecule is CCCCC(=O)N1CCN(C(CC)CCN)CC1. The first-order chi connectivity index (χ1) is 8.72. The van der Waals surface area contributed by atoms with Crippen molar-refractivity contribution in [1.82, 2.24) is 9.80 Å². The lowest BCUT2D eigenvalue weighted by Gasteiger charge is -2.39. The van der Waals surface area contributed by atoms with Gasteiger partial charge in [0, 0.05) is 38.6 Å². The number of nitrogens with zero attached hydrogens (tertiary/aromatic N) is 2. The predicted octanol–water partition coefficient (Wildman–Crippen LogP) is 1.45. The second kappa shape index (κ2) is 8.48. The Bertz CT molecular complexity index is 237. The molecule has 1 aliphatic heterocycles. The van der Waals surface area contributed by atoms with E-state index in [9.17, 15) is 4.79 Å². The van der Waals surface area contributed by atoms with Crippen LogP contribution in [0.1, 0.15) is 46.0 Å². The summed E-state index contributed by atoms with van der Waals surface area (Å²) in [6.07, 6.45) is 5.06. The molecule has 2 N–H and O–H groups in total. The molecule has 0 saturated carbocycles. The first kappa shape index (κ1) is 15.4. The summed E-state index contributed by atoms with van der Waals surface area (Å²) in [5.41, 5.74) is 5.65. The lowest BCUT2D eigenvalue weighted by molar-refractivity contribution is -0.133. The van der Waals surface area contributed by atoms with Crippen LogP contribution >= 0.6 is 0 Å². The Hall–Kier alpha value is -0.610. The molecule has 1 aliphatic rings. The van der Waals surface area contributed by atoms with Crippen LogP contribution in [0.5, 0.6) is 0 Å². The van der Waals surface area contributed by atoms with Gasteiger partial charge in [0.25, 0.3) is 0 Å². The summed E-state index contributed by atoms with van der Waals surface area (Å²) < 4.78 is 0. The number of carbonyl (C=O) groups excluding carboxylic acids is 1. The number of unbranched alkanes of at least 4 members (excludes halogenated alkanes) is 1. The number of rotatable bonds is 7. The fraction of sp³-hybridized carbons (Fsp3) is 0.929. The lowest BCUT2D eigenvalue weighted by Crippen LogP contribution is -2.52. The zero-order valence-electron chi connectivity index (χ0n) is 12.0. The fourth-order valence-electron chi connectivity index (χ4n) is 2.66. The van der Waals surface area contributed by atoms with Crippen molar-refractivity contribution in [2.24, 2.45) is 5.73 Å². The van der Waals surface area contributed by atoms with Gasteiger partial charge in [-0.25, -0.2) is 0 Å². The summed E-state index contributed by atoms with van der Waals surface area (Å²) in [5, 5.41) is 0. The highest BCUT2D eigenvalue weighted by Gasteiger charge is 2.24. The number of hydrogen-bond acceptors (Lipinski definition) is 3. The van der Waals surface area contributed by atoms with Crippen LogP contribution in [0.25, 0.3) is 0 Å². The van der Waals surface area contributed by atoms with Gasteiger partial charge >= 0.3 is 0 Å². The van der Waals surface area contributed by atoms with E-state index < -0.39 is 0 Å². The van der Waals surface area contributed by atoms with Crippen LogP contribution in [0.2, 0.25) is 0 Å². The van der Waals surface area contributed by atoms with Crippen molar-refractivity contribution in [3.8, 4) is 0 Å². The molecule has 1 amide bonds. The first-order valence-corrected chi connectivity index (χ1v) is 7.44. The van der Waals surface area contributed by atoms with Crippen molar-refractivity contribution >= 4 is 5.91 Å². The summed E-state index contributed by atoms with van der Waals surface area (Å²) in [7, 11) is 0. The summed E-state index contributed by atoms with van der Waals surface area (Å²) in [4.78, 5) is 16.4. The standard InChI is InChI=1S/C14H29N3O/c1-3-5-6-14(18)17-11-9-16(10-12-17)13(4-2)7-8-15/h13H,3-12,15H2,1-2H3. The van der Waals surface area contributed by atoms with Gasteiger partial charge in [-0.2, -0.15) is 0 Å². The van der Waals surface area contributed by atoms with E-state index in [2.05, 4.69) is 18.7 Å². The van der Waals surface area contributed by atoms with Crippen molar-refractivity contribution in [2.75, 3.05) is 32.7 Å². The zero-order chi connectivity index (χ0) is 13.4. The van der Waals surface area contributed by atoms with Gasteiger partial charge in [0.15, 0.2) is 0 Å². The third-order valence-electron chi connectivity index (χ3n) is 3.90. The predicted molar refractivity (Wildman–Crippen MR) is 75.4 cm³/mol. The van der Waals surface area contributed by atoms with E-state index in [-0.39, 0.29) is 0 Å². The minimum atomic E-state index is 0.336. The van der Waals surface area contributed by atoms with Crippen LogP contribution in [0.4, 0.5) is 0 Å². The average Bonchev–Trinajstić information content (AvgIpc) is 2.42. The van der Waals surface area contributed by atoms with E-state index in [0.717, 1.165) is 64.8 Å². The highest BCUT2D eigenvalue weighted by Crippen LogP contribution is 2.13. The molecular formula is C14H29N3O. The summed E-state index contributed by atoms with van der Waals surface area (Å²) in [6.45, 7) is 8.91. The van der Waals surface area contributed by atoms with Crippen LogP contribution in [0.15, 0.2) is 0 Å². The third-order valence-corrected chi connectivity index (χ3v) is 3.90. The molecule has 1 rings (SSSR count). The summed E-state index contributed by atoms with van der Waals surface area (Å²) >= 11 is 0. The smallest absolute Gasteiger partial charge is 0.222 e. The average molecular weight is 255 g/mol. The molecule has 0 spiro atoms. The Morgan fingerprint density at radius 3 is 2.39 bits per heavy atom. The fourth-order valence-corrected chi connectivity index (χ4v) is 2.66. The Balaban J connectivity index is 2.33. The van der Waals surface area contributed by atoms with E-state index in [1.165, 1.54) is 0 Å². The molecule has 1 fully saturated rings. The van der Waals surface area contributed by atoms with Crippen molar-refractivity contribution in [3.63, 3.8) is 0 Å². The van der Waals surface area contributed by atoms with Crippen molar-refractivity contribution in [1.29, 1.82) is 0 Å². The molecule has 4 heteroatoms. The Kier molecular flexibility index (Phi) is 7.28. The largest absolute Gasteiger partial charge is 0.340 e. The molecule has 18 heavy (non-hydrogen) atoms. The molecule has 0 bridgehead atoms. The van der Waals surface area contributed by atoms with Crippen LogP contribution in [-0.2, 0) is 4.79 Å². The third kappa shape index (κ3) is 4.58. The van der Waals surface area contributed by atoms with Gasteiger partial charge in [0.1, 0.15) is 0 Å². The second-order valence-corrected chi connectivity index (χ2v) is 5.16. The van der Waals surface area contributed by atoms with E-state index in [1.807, 2.05) is 4.90 Å². The van der Waals surface area contributed by atoms with Gasteiger partial charge in [-0.1, -0.05) is 20.3 Å². The number of amides is 1. The molecule has 106 valence electrons. The Morgan fingerprint density at radius 2 is 1.89 bits per heavy atom. The second-order valence-electron chi connectivity index (χ2n) is 5.16. The molecular weight excluding hydrogens is 226 g/mol. The highest BCUT2D eigenvalue weighted by molar-refractivity contribution is 5.76. The van der Waals surface area contributed by atoms with E-state index >= 15 is 0 Å². The quantitative estimate of drug-likeness (QED) is 0.749. The topological polar surface area (TPSA) is 49.6 Å². The van der Waals surface area contributed by atoms with E-state index in [0.29, 0.717) is 11.9 Å². The molecule has 1 heterocycles. The van der Waals surface area contributed by atoms with Crippen molar-refractivity contribution in [3.05, 3.63) is 0 Å². The maximum Gasteiger partial charge on any atom is 0.222 e. The van der Waals surface area contributed by atoms with Crippen LogP contribution in [0.3, 0.4) is 0 Å². The monoisotopic (exact) mass is 255 g/mol. The molecule has 0 radical (unpaired) electrons. The minimum absolute atomic E-state index is 0.336. The molecule has 0 aromatic rings. The van der Waals surface area contributed by atoms with Gasteiger partial charge in [-0.05, 0) is 25.8 Å². The van der Waals surface area contributed by atoms with E-state index in [1.54, 1.807) is 0 Å². The molecule has 0 aliphatic carbocycles. The zero-order valence-corrected chi connectivity index (χ0v) is 12.0. The lowest BCUT2D eigenvalue weighted by atomic mass is 10.1. The van der Waals surface area contributed by atoms with Gasteiger partial charge in [0.2, 0.25) is 5.91 Å². The van der Waals surface area contributed by atoms with Crippen LogP contribution < -0.4 is 5.73 Å². The highest BCUT2D eigenvalue weighted by atomic mass is 16.2. The Morgan fingerprint density at radius 1 is 1.22 bits per heavy atom. The van der Waals surface area contributed by atoms with Gasteiger partial charge in [-0.15, -0.1) is 0 Å². The maximum absolute atomic E-state index is 11.9. The molecule has 1 atom stereocenters. The summed E-state index contributed by atoms with van der Waals surface area (Å²) in [5.74, 6) is 0.336. The normalized spacial score (nSPS) is 18.9. The maximum atomic E-state index is 11.9. The molecule has 0 aromatic heterocycles. The number of piperazine rings is 1. The van der Waals surface area contributed by atoms with Crippen LogP contribution in [-0.4, -0.2) is 54.5 Å². The molecule has 0 aromatic carbocycles. The van der Waals surface area contributed by atoms with Crippen molar-refractivity contribution < 1.29 is 4.79 Å². The molecule has 1 unspecified atom stereocenters. The molecule has 1 saturated heterocycles. The number of nitrogens with two attached hydrogens (primary N) is 1. The minimum Gasteiger partial charge on any atom is -0.340 e. The van der Waals surface area contributed by atoms with Gasteiger partial charge in [0.05, 0.1) is 0 Å².